The molecular formula is C24H17F3N6O3. The highest BCUT2D eigenvalue weighted by atomic mass is 19.4. The number of benzene rings is 1. The summed E-state index contributed by atoms with van der Waals surface area (Å²) in [6.45, 7) is -1.35. The van der Waals surface area contributed by atoms with Crippen molar-refractivity contribution in [2.45, 2.75) is 31.0 Å². The van der Waals surface area contributed by atoms with Gasteiger partial charge in [0.05, 0.1) is 11.3 Å². The van der Waals surface area contributed by atoms with Crippen molar-refractivity contribution in [1.82, 2.24) is 29.1 Å². The first kappa shape index (κ1) is 22.0. The van der Waals surface area contributed by atoms with E-state index in [0.29, 0.717) is 21.3 Å². The Labute approximate surface area is 198 Å². The Morgan fingerprint density at radius 1 is 1.06 bits per heavy atom. The molecule has 4 heterocycles. The lowest BCUT2D eigenvalue weighted by atomic mass is 10.0. The zero-order valence-corrected chi connectivity index (χ0v) is 18.4. The number of alkyl halides is 3. The van der Waals surface area contributed by atoms with E-state index in [9.17, 15) is 27.6 Å². The molecule has 0 radical (unpaired) electrons. The number of H-pyrrole nitrogens is 2. The molecule has 182 valence electrons. The Balaban J connectivity index is 1.39. The molecule has 0 bridgehead atoms. The van der Waals surface area contributed by atoms with E-state index in [0.717, 1.165) is 23.7 Å². The molecule has 36 heavy (non-hydrogen) atoms. The van der Waals surface area contributed by atoms with Gasteiger partial charge in [-0.3, -0.25) is 14.6 Å². The second-order valence-electron chi connectivity index (χ2n) is 8.83. The lowest BCUT2D eigenvalue weighted by Gasteiger charge is -2.11. The summed E-state index contributed by atoms with van der Waals surface area (Å²) in [7, 11) is 0. The zero-order valence-electron chi connectivity index (χ0n) is 18.4. The van der Waals surface area contributed by atoms with E-state index in [1.807, 2.05) is 6.07 Å². The molecule has 2 N–H and O–H groups in total. The van der Waals surface area contributed by atoms with Crippen molar-refractivity contribution in [3.63, 3.8) is 0 Å². The van der Waals surface area contributed by atoms with Crippen molar-refractivity contribution >= 4 is 16.4 Å². The molecule has 1 aliphatic carbocycles. The lowest BCUT2D eigenvalue weighted by Crippen LogP contribution is -2.27. The standard InChI is InChI=1S/C24H17F3N6O3/c25-24(26,27)11-32-5-3-12-1-2-13(7-15(12)22(32)35)14-8-16(14)17-9-19(31-33-6-4-28-20(17)33)18-10-29-23(36)30-21(18)34/h1-7,9-10,14,16H,8,11H2,(H2,29,30,34,36)/t14-,16?/m1/s1. The fraction of sp³-hybridized carbons (Fsp3) is 0.208. The highest BCUT2D eigenvalue weighted by Gasteiger charge is 2.41. The summed E-state index contributed by atoms with van der Waals surface area (Å²) in [5.41, 5.74) is 0.937. The molecule has 1 saturated carbocycles. The SMILES string of the molecule is O=c1[nH]cc(-c2cc(C3C[C@@H]3c3ccc4ccn(CC(F)(F)F)c(=O)c4c3)c3nccn3n2)c(=O)[nH]1. The normalized spacial score (nSPS) is 17.6. The predicted molar refractivity (Wildman–Crippen MR) is 124 cm³/mol. The van der Waals surface area contributed by atoms with Gasteiger partial charge in [0.15, 0.2) is 5.65 Å². The Morgan fingerprint density at radius 2 is 1.89 bits per heavy atom. The number of halogens is 3. The number of aromatic nitrogens is 6. The molecule has 9 nitrogen and oxygen atoms in total. The largest absolute Gasteiger partial charge is 0.406 e. The molecule has 5 aromatic rings. The van der Waals surface area contributed by atoms with Crippen LogP contribution in [0.5, 0.6) is 0 Å². The van der Waals surface area contributed by atoms with Crippen LogP contribution in [0.25, 0.3) is 27.7 Å². The summed E-state index contributed by atoms with van der Waals surface area (Å²) in [4.78, 5) is 45.5. The van der Waals surface area contributed by atoms with Crippen LogP contribution in [0.2, 0.25) is 0 Å². The third-order valence-corrected chi connectivity index (χ3v) is 6.45. The highest BCUT2D eigenvalue weighted by Crippen LogP contribution is 2.55. The molecule has 1 unspecified atom stereocenters. The number of fused-ring (bicyclic) bond motifs is 2. The van der Waals surface area contributed by atoms with Crippen LogP contribution in [0.1, 0.15) is 29.4 Å². The number of pyridine rings is 1. The molecule has 0 aliphatic heterocycles. The van der Waals surface area contributed by atoms with Gasteiger partial charge in [-0.25, -0.2) is 14.3 Å². The van der Waals surface area contributed by atoms with Crippen molar-refractivity contribution in [3.05, 3.63) is 97.4 Å². The summed E-state index contributed by atoms with van der Waals surface area (Å²) in [6, 6.07) is 8.53. The second-order valence-corrected chi connectivity index (χ2v) is 8.83. The summed E-state index contributed by atoms with van der Waals surface area (Å²) in [5.74, 6) is 0.00624. The van der Waals surface area contributed by atoms with Crippen molar-refractivity contribution in [2.24, 2.45) is 0 Å². The maximum Gasteiger partial charge on any atom is 0.406 e. The number of hydrogen-bond acceptors (Lipinski definition) is 5. The van der Waals surface area contributed by atoms with Gasteiger partial charge in [0.25, 0.3) is 11.1 Å². The molecule has 0 spiro atoms. The zero-order chi connectivity index (χ0) is 25.2. The Kier molecular flexibility index (Phi) is 4.75. The smallest absolute Gasteiger partial charge is 0.313 e. The minimum Gasteiger partial charge on any atom is -0.313 e. The molecule has 1 fully saturated rings. The Morgan fingerprint density at radius 3 is 2.67 bits per heavy atom. The summed E-state index contributed by atoms with van der Waals surface area (Å²) < 4.78 is 40.8. The van der Waals surface area contributed by atoms with Gasteiger partial charge in [-0.05, 0) is 47.4 Å². The monoisotopic (exact) mass is 494 g/mol. The Hall–Kier alpha value is -4.48. The van der Waals surface area contributed by atoms with Crippen molar-refractivity contribution in [1.29, 1.82) is 0 Å². The van der Waals surface area contributed by atoms with Gasteiger partial charge in [0.2, 0.25) is 0 Å². The van der Waals surface area contributed by atoms with Crippen LogP contribution in [0.4, 0.5) is 13.2 Å². The van der Waals surface area contributed by atoms with Crippen molar-refractivity contribution in [2.75, 3.05) is 0 Å². The molecule has 0 amide bonds. The third kappa shape index (κ3) is 3.80. The van der Waals surface area contributed by atoms with E-state index in [2.05, 4.69) is 20.1 Å². The number of hydrogen-bond donors (Lipinski definition) is 2. The number of aromatic amines is 2. The van der Waals surface area contributed by atoms with E-state index < -0.39 is 29.5 Å². The average molecular weight is 494 g/mol. The first-order valence-corrected chi connectivity index (χ1v) is 11.0. The van der Waals surface area contributed by atoms with E-state index in [4.69, 9.17) is 0 Å². The van der Waals surface area contributed by atoms with Crippen LogP contribution in [0.3, 0.4) is 0 Å². The van der Waals surface area contributed by atoms with Gasteiger partial charge in [0.1, 0.15) is 6.54 Å². The minimum atomic E-state index is -4.50. The topological polar surface area (TPSA) is 118 Å². The maximum atomic E-state index is 12.9. The number of rotatable bonds is 4. The van der Waals surface area contributed by atoms with Gasteiger partial charge in [-0.2, -0.15) is 18.3 Å². The van der Waals surface area contributed by atoms with Crippen molar-refractivity contribution in [3.8, 4) is 11.3 Å². The minimum absolute atomic E-state index is 0.00273. The highest BCUT2D eigenvalue weighted by molar-refractivity contribution is 5.82. The van der Waals surface area contributed by atoms with Gasteiger partial charge in [-0.1, -0.05) is 12.1 Å². The molecule has 2 atom stereocenters. The molecule has 12 heteroatoms. The van der Waals surface area contributed by atoms with E-state index in [1.165, 1.54) is 12.3 Å². The van der Waals surface area contributed by atoms with Crippen LogP contribution in [-0.4, -0.2) is 35.3 Å². The van der Waals surface area contributed by atoms with Gasteiger partial charge >= 0.3 is 11.9 Å². The van der Waals surface area contributed by atoms with E-state index >= 15 is 0 Å². The molecular weight excluding hydrogens is 477 g/mol. The third-order valence-electron chi connectivity index (χ3n) is 6.45. The fourth-order valence-electron chi connectivity index (χ4n) is 4.70. The van der Waals surface area contributed by atoms with Crippen LogP contribution < -0.4 is 16.8 Å². The maximum absolute atomic E-state index is 12.9. The molecule has 0 saturated heterocycles. The van der Waals surface area contributed by atoms with E-state index in [-0.39, 0.29) is 22.8 Å². The van der Waals surface area contributed by atoms with Crippen LogP contribution >= 0.6 is 0 Å². The lowest BCUT2D eigenvalue weighted by molar-refractivity contribution is -0.141. The number of imidazole rings is 1. The molecule has 1 aromatic carbocycles. The van der Waals surface area contributed by atoms with Gasteiger partial charge < -0.3 is 9.55 Å². The van der Waals surface area contributed by atoms with Gasteiger partial charge in [0, 0.05) is 35.7 Å². The van der Waals surface area contributed by atoms with Gasteiger partial charge in [-0.15, -0.1) is 0 Å². The predicted octanol–water partition coefficient (Wildman–Crippen LogP) is 2.92. The van der Waals surface area contributed by atoms with Crippen molar-refractivity contribution < 1.29 is 13.2 Å². The second kappa shape index (κ2) is 7.77. The van der Waals surface area contributed by atoms with Crippen LogP contribution in [0.15, 0.2) is 69.5 Å². The summed E-state index contributed by atoms with van der Waals surface area (Å²) in [5, 5.41) is 5.23. The molecule has 6 rings (SSSR count). The molecule has 4 aromatic heterocycles. The number of nitrogens with zero attached hydrogens (tertiary/aromatic N) is 4. The average Bonchev–Trinajstić information content (AvgIpc) is 3.47. The van der Waals surface area contributed by atoms with Crippen LogP contribution in [0, 0.1) is 0 Å². The molecule has 1 aliphatic rings. The van der Waals surface area contributed by atoms with E-state index in [1.54, 1.807) is 35.1 Å². The quantitative estimate of drug-likeness (QED) is 0.398. The number of nitrogens with one attached hydrogen (secondary N) is 2. The van der Waals surface area contributed by atoms with Crippen LogP contribution in [-0.2, 0) is 6.54 Å². The first-order chi connectivity index (χ1) is 17.2. The fourth-order valence-corrected chi connectivity index (χ4v) is 4.70. The Bertz CT molecular complexity index is 1830. The first-order valence-electron chi connectivity index (χ1n) is 11.0. The summed E-state index contributed by atoms with van der Waals surface area (Å²) >= 11 is 0. The summed E-state index contributed by atoms with van der Waals surface area (Å²) in [6.07, 6.45) is 1.92.